The van der Waals surface area contributed by atoms with Gasteiger partial charge in [0.05, 0.1) is 18.0 Å². The first-order valence-corrected chi connectivity index (χ1v) is 4.51. The van der Waals surface area contributed by atoms with Crippen LogP contribution in [-0.4, -0.2) is 16.8 Å². The number of nitrogens with zero attached hydrogens (tertiary/aromatic N) is 1. The molecule has 0 atom stereocenters. The molecule has 2 rings (SSSR count). The van der Waals surface area contributed by atoms with Gasteiger partial charge in [-0.05, 0) is 12.1 Å². The van der Waals surface area contributed by atoms with Crippen molar-refractivity contribution in [2.24, 2.45) is 7.05 Å². The fourth-order valence-electron chi connectivity index (χ4n) is 1.63. The van der Waals surface area contributed by atoms with E-state index in [1.165, 1.54) is 17.7 Å². The fourth-order valence-corrected chi connectivity index (χ4v) is 1.63. The van der Waals surface area contributed by atoms with E-state index in [4.69, 9.17) is 4.74 Å². The maximum Gasteiger partial charge on any atom is 0.254 e. The van der Waals surface area contributed by atoms with Gasteiger partial charge in [-0.2, -0.15) is 0 Å². The standard InChI is InChI=1S/C11H11NO3/c1-12-7-4-3-5-9(15-2)11(7)8(13)6-10(12)14/h3-6,13H,1-2H3. The van der Waals surface area contributed by atoms with Gasteiger partial charge in [-0.3, -0.25) is 4.79 Å². The zero-order chi connectivity index (χ0) is 11.0. The van der Waals surface area contributed by atoms with Crippen molar-refractivity contribution in [2.75, 3.05) is 7.11 Å². The Bertz CT molecular complexity index is 572. The van der Waals surface area contributed by atoms with E-state index in [2.05, 4.69) is 0 Å². The number of aromatic hydroxyl groups is 1. The highest BCUT2D eigenvalue weighted by Crippen LogP contribution is 2.31. The maximum atomic E-state index is 11.4. The van der Waals surface area contributed by atoms with Crippen molar-refractivity contribution in [3.05, 3.63) is 34.6 Å². The van der Waals surface area contributed by atoms with Gasteiger partial charge < -0.3 is 14.4 Å². The molecule has 78 valence electrons. The lowest BCUT2D eigenvalue weighted by Crippen LogP contribution is -2.15. The number of pyridine rings is 1. The molecule has 0 radical (unpaired) electrons. The van der Waals surface area contributed by atoms with Crippen LogP contribution in [-0.2, 0) is 7.05 Å². The Morgan fingerprint density at radius 1 is 1.40 bits per heavy atom. The SMILES string of the molecule is COc1cccc2c1c(O)cc(=O)n2C. The van der Waals surface area contributed by atoms with Crippen LogP contribution in [0.25, 0.3) is 10.9 Å². The average Bonchev–Trinajstić information content (AvgIpc) is 2.25. The Hall–Kier alpha value is -1.97. The van der Waals surface area contributed by atoms with E-state index in [-0.39, 0.29) is 11.3 Å². The number of ether oxygens (including phenoxy) is 1. The number of fused-ring (bicyclic) bond motifs is 1. The molecule has 0 unspecified atom stereocenters. The van der Waals surface area contributed by atoms with E-state index in [9.17, 15) is 9.90 Å². The number of aryl methyl sites for hydroxylation is 1. The topological polar surface area (TPSA) is 51.5 Å². The lowest BCUT2D eigenvalue weighted by molar-refractivity contribution is 0.415. The Morgan fingerprint density at radius 3 is 2.80 bits per heavy atom. The summed E-state index contributed by atoms with van der Waals surface area (Å²) in [4.78, 5) is 11.4. The van der Waals surface area contributed by atoms with Crippen LogP contribution in [0.5, 0.6) is 11.5 Å². The van der Waals surface area contributed by atoms with Gasteiger partial charge >= 0.3 is 0 Å². The summed E-state index contributed by atoms with van der Waals surface area (Å²) in [5.74, 6) is 0.506. The normalized spacial score (nSPS) is 10.5. The lowest BCUT2D eigenvalue weighted by atomic mass is 10.2. The molecular formula is C11H11NO3. The Kier molecular flexibility index (Phi) is 2.11. The third-order valence-corrected chi connectivity index (χ3v) is 2.43. The zero-order valence-corrected chi connectivity index (χ0v) is 8.52. The number of hydrogen-bond donors (Lipinski definition) is 1. The summed E-state index contributed by atoms with van der Waals surface area (Å²) in [6.07, 6.45) is 0. The van der Waals surface area contributed by atoms with Crippen LogP contribution >= 0.6 is 0 Å². The highest BCUT2D eigenvalue weighted by molar-refractivity contribution is 5.90. The van der Waals surface area contributed by atoms with Crippen molar-refractivity contribution in [3.8, 4) is 11.5 Å². The molecule has 1 heterocycles. The van der Waals surface area contributed by atoms with Crippen LogP contribution in [0.15, 0.2) is 29.1 Å². The molecule has 2 aromatic rings. The molecule has 0 saturated heterocycles. The number of rotatable bonds is 1. The van der Waals surface area contributed by atoms with E-state index in [1.54, 1.807) is 25.2 Å². The quantitative estimate of drug-likeness (QED) is 0.762. The third kappa shape index (κ3) is 1.34. The van der Waals surface area contributed by atoms with Gasteiger partial charge in [-0.15, -0.1) is 0 Å². The van der Waals surface area contributed by atoms with E-state index in [0.717, 1.165) is 0 Å². The molecular weight excluding hydrogens is 194 g/mol. The molecule has 4 heteroatoms. The van der Waals surface area contributed by atoms with Gasteiger partial charge in [-0.25, -0.2) is 0 Å². The smallest absolute Gasteiger partial charge is 0.254 e. The van der Waals surface area contributed by atoms with Gasteiger partial charge in [0.25, 0.3) is 5.56 Å². The minimum absolute atomic E-state index is 0.0504. The first-order valence-electron chi connectivity index (χ1n) is 4.51. The van der Waals surface area contributed by atoms with Gasteiger partial charge in [0.15, 0.2) is 0 Å². The van der Waals surface area contributed by atoms with E-state index >= 15 is 0 Å². The molecule has 0 spiro atoms. The van der Waals surface area contributed by atoms with Gasteiger partial charge in [0.2, 0.25) is 0 Å². The van der Waals surface area contributed by atoms with Crippen LogP contribution < -0.4 is 10.3 Å². The Labute approximate surface area is 86.3 Å². The molecule has 15 heavy (non-hydrogen) atoms. The number of aromatic nitrogens is 1. The molecule has 0 bridgehead atoms. The van der Waals surface area contributed by atoms with Crippen molar-refractivity contribution < 1.29 is 9.84 Å². The van der Waals surface area contributed by atoms with Crippen LogP contribution in [0, 0.1) is 0 Å². The van der Waals surface area contributed by atoms with Crippen molar-refractivity contribution >= 4 is 10.9 Å². The van der Waals surface area contributed by atoms with Crippen LogP contribution in [0.2, 0.25) is 0 Å². The summed E-state index contributed by atoms with van der Waals surface area (Å²) < 4.78 is 6.60. The second kappa shape index (κ2) is 3.31. The van der Waals surface area contributed by atoms with Gasteiger partial charge in [-0.1, -0.05) is 6.07 Å². The summed E-state index contributed by atoms with van der Waals surface area (Å²) in [6, 6.07) is 6.47. The summed E-state index contributed by atoms with van der Waals surface area (Å²) in [7, 11) is 3.18. The third-order valence-electron chi connectivity index (χ3n) is 2.43. The van der Waals surface area contributed by atoms with Gasteiger partial charge in [0, 0.05) is 13.1 Å². The van der Waals surface area contributed by atoms with E-state index < -0.39 is 0 Å². The van der Waals surface area contributed by atoms with Crippen molar-refractivity contribution in [3.63, 3.8) is 0 Å². The van der Waals surface area contributed by atoms with Crippen LogP contribution in [0.3, 0.4) is 0 Å². The van der Waals surface area contributed by atoms with Crippen molar-refractivity contribution in [1.82, 2.24) is 4.57 Å². The van der Waals surface area contributed by atoms with Crippen LogP contribution in [0.1, 0.15) is 0 Å². The molecule has 0 aliphatic carbocycles. The zero-order valence-electron chi connectivity index (χ0n) is 8.52. The molecule has 0 saturated carbocycles. The molecule has 1 N–H and O–H groups in total. The molecule has 1 aromatic carbocycles. The first-order chi connectivity index (χ1) is 7.15. The van der Waals surface area contributed by atoms with E-state index in [0.29, 0.717) is 16.7 Å². The predicted octanol–water partition coefficient (Wildman–Crippen LogP) is 1.25. The molecule has 4 nitrogen and oxygen atoms in total. The van der Waals surface area contributed by atoms with Crippen LogP contribution in [0.4, 0.5) is 0 Å². The summed E-state index contributed by atoms with van der Waals surface area (Å²) in [5, 5.41) is 10.3. The molecule has 0 aliphatic heterocycles. The molecule has 1 aromatic heterocycles. The number of benzene rings is 1. The van der Waals surface area contributed by atoms with Crippen molar-refractivity contribution in [1.29, 1.82) is 0 Å². The second-order valence-corrected chi connectivity index (χ2v) is 3.28. The minimum atomic E-state index is -0.242. The molecule has 0 fully saturated rings. The summed E-state index contributed by atoms with van der Waals surface area (Å²) in [5.41, 5.74) is 0.410. The highest BCUT2D eigenvalue weighted by atomic mass is 16.5. The van der Waals surface area contributed by atoms with Gasteiger partial charge in [0.1, 0.15) is 11.5 Å². The predicted molar refractivity (Wildman–Crippen MR) is 57.4 cm³/mol. The summed E-state index contributed by atoms with van der Waals surface area (Å²) in [6.45, 7) is 0. The largest absolute Gasteiger partial charge is 0.507 e. The van der Waals surface area contributed by atoms with Crippen molar-refractivity contribution in [2.45, 2.75) is 0 Å². The molecule has 0 amide bonds. The average molecular weight is 205 g/mol. The fraction of sp³-hybridized carbons (Fsp3) is 0.182. The number of hydrogen-bond acceptors (Lipinski definition) is 3. The number of methoxy groups -OCH3 is 1. The second-order valence-electron chi connectivity index (χ2n) is 3.28. The lowest BCUT2D eigenvalue weighted by Gasteiger charge is -2.09. The maximum absolute atomic E-state index is 11.4. The summed E-state index contributed by atoms with van der Waals surface area (Å²) >= 11 is 0. The first kappa shape index (κ1) is 9.58. The Balaban J connectivity index is 3.01. The Morgan fingerprint density at radius 2 is 2.13 bits per heavy atom. The van der Waals surface area contributed by atoms with E-state index in [1.807, 2.05) is 0 Å². The minimum Gasteiger partial charge on any atom is -0.507 e. The molecule has 0 aliphatic rings. The monoisotopic (exact) mass is 205 g/mol. The highest BCUT2D eigenvalue weighted by Gasteiger charge is 2.09.